The fraction of sp³-hybridized carbons (Fsp3) is 0.235. The van der Waals surface area contributed by atoms with Gasteiger partial charge >= 0.3 is 5.97 Å². The molecule has 0 aliphatic rings. The van der Waals surface area contributed by atoms with Crippen LogP contribution in [0.1, 0.15) is 15.9 Å². The van der Waals surface area contributed by atoms with Crippen LogP contribution < -0.4 is 14.2 Å². The van der Waals surface area contributed by atoms with Gasteiger partial charge in [0.2, 0.25) is 10.0 Å². The topological polar surface area (TPSA) is 102 Å². The first-order valence-corrected chi connectivity index (χ1v) is 9.00. The molecule has 0 aliphatic carbocycles. The van der Waals surface area contributed by atoms with E-state index in [1.54, 1.807) is 18.2 Å². The molecule has 0 atom stereocenters. The average Bonchev–Trinajstić information content (AvgIpc) is 2.61. The normalized spacial score (nSPS) is 11.2. The van der Waals surface area contributed by atoms with Gasteiger partial charge in [0.25, 0.3) is 0 Å². The van der Waals surface area contributed by atoms with Crippen molar-refractivity contribution in [1.29, 1.82) is 0 Å². The van der Waals surface area contributed by atoms with Crippen molar-refractivity contribution in [2.24, 2.45) is 0 Å². The van der Waals surface area contributed by atoms with Crippen LogP contribution in [0.15, 0.2) is 41.3 Å². The minimum Gasteiger partial charge on any atom is -0.497 e. The lowest BCUT2D eigenvalue weighted by molar-refractivity contribution is 0.0696. The van der Waals surface area contributed by atoms with E-state index >= 15 is 0 Å². The molecule has 0 radical (unpaired) electrons. The summed E-state index contributed by atoms with van der Waals surface area (Å²) in [6.45, 7) is -0.0391. The number of hydrogen-bond acceptors (Lipinski definition) is 5. The second-order valence-corrected chi connectivity index (χ2v) is 7.01. The van der Waals surface area contributed by atoms with Crippen molar-refractivity contribution in [1.82, 2.24) is 4.72 Å². The number of aromatic carboxylic acids is 1. The molecule has 2 aromatic rings. The van der Waals surface area contributed by atoms with Gasteiger partial charge in [-0.1, -0.05) is 0 Å². The quantitative estimate of drug-likeness (QED) is 0.724. The molecule has 0 heterocycles. The number of methoxy groups -OCH3 is 2. The van der Waals surface area contributed by atoms with Gasteiger partial charge in [0, 0.05) is 6.54 Å². The molecule has 0 aliphatic heterocycles. The molecule has 0 unspecified atom stereocenters. The Hall–Kier alpha value is -2.65. The number of hydrogen-bond donors (Lipinski definition) is 2. The zero-order valence-electron chi connectivity index (χ0n) is 14.2. The van der Waals surface area contributed by atoms with Gasteiger partial charge < -0.3 is 14.6 Å². The molecule has 0 spiro atoms. The summed E-state index contributed by atoms with van der Waals surface area (Å²) >= 11 is 0. The Morgan fingerprint density at radius 3 is 2.50 bits per heavy atom. The zero-order chi connectivity index (χ0) is 19.3. The molecular formula is C17H18FNO6S. The first-order valence-electron chi connectivity index (χ1n) is 7.52. The third kappa shape index (κ3) is 4.50. The van der Waals surface area contributed by atoms with E-state index in [1.807, 2.05) is 0 Å². The van der Waals surface area contributed by atoms with E-state index in [0.29, 0.717) is 17.1 Å². The van der Waals surface area contributed by atoms with E-state index in [-0.39, 0.29) is 18.5 Å². The number of rotatable bonds is 8. The molecule has 0 saturated heterocycles. The maximum atomic E-state index is 13.8. The summed E-state index contributed by atoms with van der Waals surface area (Å²) in [6.07, 6.45) is 0.264. The van der Waals surface area contributed by atoms with Gasteiger partial charge in [-0.05, 0) is 48.4 Å². The number of carboxylic acid groups (broad SMARTS) is 1. The van der Waals surface area contributed by atoms with Gasteiger partial charge in [-0.15, -0.1) is 0 Å². The summed E-state index contributed by atoms with van der Waals surface area (Å²) < 4.78 is 51.0. The minimum absolute atomic E-state index is 0.0391. The van der Waals surface area contributed by atoms with Gasteiger partial charge in [-0.25, -0.2) is 22.3 Å². The van der Waals surface area contributed by atoms with Crippen LogP contribution in [0.25, 0.3) is 0 Å². The van der Waals surface area contributed by atoms with E-state index < -0.39 is 26.7 Å². The molecule has 9 heteroatoms. The molecule has 140 valence electrons. The number of benzene rings is 2. The Bertz CT molecular complexity index is 913. The predicted octanol–water partition coefficient (Wildman–Crippen LogP) is 2.06. The summed E-state index contributed by atoms with van der Waals surface area (Å²) in [5.41, 5.74) is 0.385. The summed E-state index contributed by atoms with van der Waals surface area (Å²) in [5.74, 6) is -1.23. The molecule has 2 aromatic carbocycles. The summed E-state index contributed by atoms with van der Waals surface area (Å²) in [4.78, 5) is 10.2. The third-order valence-corrected chi connectivity index (χ3v) is 5.12. The summed E-state index contributed by atoms with van der Waals surface area (Å²) in [5, 5.41) is 8.93. The Morgan fingerprint density at radius 1 is 1.15 bits per heavy atom. The van der Waals surface area contributed by atoms with Crippen molar-refractivity contribution in [3.05, 3.63) is 53.3 Å². The maximum absolute atomic E-state index is 13.8. The molecule has 2 rings (SSSR count). The standard InChI is InChI=1S/C17H18FNO6S/c1-24-13-4-6-15(25-2)11(9-13)7-8-19-26(22,23)16-10-12(17(20)21)3-5-14(16)18/h3-6,9-10,19H,7-8H2,1-2H3,(H,20,21). The fourth-order valence-corrected chi connectivity index (χ4v) is 3.45. The van der Waals surface area contributed by atoms with Crippen molar-refractivity contribution in [2.45, 2.75) is 11.3 Å². The Labute approximate surface area is 150 Å². The van der Waals surface area contributed by atoms with Crippen LogP contribution in [0.5, 0.6) is 11.5 Å². The summed E-state index contributed by atoms with van der Waals surface area (Å²) in [7, 11) is -1.22. The van der Waals surface area contributed by atoms with Crippen LogP contribution >= 0.6 is 0 Å². The highest BCUT2D eigenvalue weighted by molar-refractivity contribution is 7.89. The molecule has 0 fully saturated rings. The SMILES string of the molecule is COc1ccc(OC)c(CCNS(=O)(=O)c2cc(C(=O)O)ccc2F)c1. The van der Waals surface area contributed by atoms with Crippen LogP contribution in [-0.2, 0) is 16.4 Å². The molecule has 0 bridgehead atoms. The lowest BCUT2D eigenvalue weighted by Crippen LogP contribution is -2.27. The monoisotopic (exact) mass is 383 g/mol. The van der Waals surface area contributed by atoms with E-state index in [4.69, 9.17) is 14.6 Å². The smallest absolute Gasteiger partial charge is 0.335 e. The Kier molecular flexibility index (Phi) is 6.17. The Morgan fingerprint density at radius 2 is 1.88 bits per heavy atom. The van der Waals surface area contributed by atoms with E-state index in [0.717, 1.165) is 18.2 Å². The van der Waals surface area contributed by atoms with Crippen molar-refractivity contribution in [2.75, 3.05) is 20.8 Å². The van der Waals surface area contributed by atoms with Gasteiger partial charge in [0.15, 0.2) is 0 Å². The Balaban J connectivity index is 2.17. The van der Waals surface area contributed by atoms with Gasteiger partial charge in [-0.3, -0.25) is 0 Å². The van der Waals surface area contributed by atoms with Crippen molar-refractivity contribution in [3.8, 4) is 11.5 Å². The van der Waals surface area contributed by atoms with Crippen molar-refractivity contribution < 1.29 is 32.2 Å². The van der Waals surface area contributed by atoms with E-state index in [1.165, 1.54) is 14.2 Å². The van der Waals surface area contributed by atoms with Gasteiger partial charge in [-0.2, -0.15) is 0 Å². The van der Waals surface area contributed by atoms with Crippen LogP contribution in [0.2, 0.25) is 0 Å². The number of carboxylic acids is 1. The number of halogens is 1. The largest absolute Gasteiger partial charge is 0.497 e. The maximum Gasteiger partial charge on any atom is 0.335 e. The van der Waals surface area contributed by atoms with Crippen LogP contribution in [0, 0.1) is 5.82 Å². The number of sulfonamides is 1. The second kappa shape index (κ2) is 8.15. The van der Waals surface area contributed by atoms with Crippen LogP contribution in [0.3, 0.4) is 0 Å². The van der Waals surface area contributed by atoms with Crippen LogP contribution in [-0.4, -0.2) is 40.3 Å². The van der Waals surface area contributed by atoms with E-state index in [2.05, 4.69) is 4.72 Å². The molecule has 26 heavy (non-hydrogen) atoms. The highest BCUT2D eigenvalue weighted by Crippen LogP contribution is 2.24. The highest BCUT2D eigenvalue weighted by atomic mass is 32.2. The molecule has 7 nitrogen and oxygen atoms in total. The molecular weight excluding hydrogens is 365 g/mol. The van der Waals surface area contributed by atoms with Crippen molar-refractivity contribution >= 4 is 16.0 Å². The van der Waals surface area contributed by atoms with Gasteiger partial charge in [0.05, 0.1) is 19.8 Å². The molecule has 0 amide bonds. The van der Waals surface area contributed by atoms with Crippen LogP contribution in [0.4, 0.5) is 4.39 Å². The number of nitrogens with one attached hydrogen (secondary N) is 1. The highest BCUT2D eigenvalue weighted by Gasteiger charge is 2.21. The number of carbonyl (C=O) groups is 1. The van der Waals surface area contributed by atoms with Crippen molar-refractivity contribution in [3.63, 3.8) is 0 Å². The lowest BCUT2D eigenvalue weighted by Gasteiger charge is -2.12. The predicted molar refractivity (Wildman–Crippen MR) is 91.8 cm³/mol. The molecule has 0 saturated carbocycles. The van der Waals surface area contributed by atoms with E-state index in [9.17, 15) is 17.6 Å². The number of ether oxygens (including phenoxy) is 2. The summed E-state index contributed by atoms with van der Waals surface area (Å²) in [6, 6.07) is 7.70. The second-order valence-electron chi connectivity index (χ2n) is 5.28. The fourth-order valence-electron chi connectivity index (χ4n) is 2.32. The first-order chi connectivity index (χ1) is 12.3. The lowest BCUT2D eigenvalue weighted by atomic mass is 10.1. The minimum atomic E-state index is -4.21. The van der Waals surface area contributed by atoms with Gasteiger partial charge in [0.1, 0.15) is 22.2 Å². The third-order valence-electron chi connectivity index (χ3n) is 3.64. The molecule has 2 N–H and O–H groups in total. The average molecular weight is 383 g/mol. The molecule has 0 aromatic heterocycles. The first kappa shape index (κ1) is 19.7. The zero-order valence-corrected chi connectivity index (χ0v) is 15.0.